The number of phenolic OH excluding ortho intramolecular Hbond substituents is 1. The zero-order valence-electron chi connectivity index (χ0n) is 19.2. The summed E-state index contributed by atoms with van der Waals surface area (Å²) in [7, 11) is 0. The van der Waals surface area contributed by atoms with E-state index >= 15 is 0 Å². The van der Waals surface area contributed by atoms with Gasteiger partial charge >= 0.3 is 5.97 Å². The zero-order chi connectivity index (χ0) is 23.9. The summed E-state index contributed by atoms with van der Waals surface area (Å²) >= 11 is 0. The van der Waals surface area contributed by atoms with Gasteiger partial charge in [-0.15, -0.1) is 0 Å². The van der Waals surface area contributed by atoms with Gasteiger partial charge in [0.25, 0.3) is 0 Å². The molecule has 0 unspecified atom stereocenters. The number of benzene rings is 3. The van der Waals surface area contributed by atoms with Crippen LogP contribution >= 0.6 is 0 Å². The molecular weight excluding hydrogens is 408 g/mol. The number of fused-ring (bicyclic) bond motifs is 1. The summed E-state index contributed by atoms with van der Waals surface area (Å²) in [5.74, 6) is 0.720. The third-order valence-corrected chi connectivity index (χ3v) is 4.93. The number of para-hydroxylation sites is 1. The molecule has 3 aromatic rings. The van der Waals surface area contributed by atoms with Gasteiger partial charge in [-0.2, -0.15) is 0 Å². The number of hydrogen-bond acceptors (Lipinski definition) is 3. The maximum Gasteiger partial charge on any atom is 0.311 e. The maximum absolute atomic E-state index is 11.3. The van der Waals surface area contributed by atoms with Gasteiger partial charge in [0.05, 0.1) is 0 Å². The molecule has 0 heterocycles. The summed E-state index contributed by atoms with van der Waals surface area (Å²) in [5.41, 5.74) is 4.64. The van der Waals surface area contributed by atoms with Crippen LogP contribution in [0.5, 0.6) is 11.5 Å². The van der Waals surface area contributed by atoms with Crippen molar-refractivity contribution in [1.29, 1.82) is 0 Å². The van der Waals surface area contributed by atoms with Crippen LogP contribution in [0.4, 0.5) is 0 Å². The fraction of sp³-hybridized carbons (Fsp3) is 0.167. The molecule has 1 N–H and O–H groups in total. The molecule has 0 aromatic heterocycles. The Kier molecular flexibility index (Phi) is 11.0. The van der Waals surface area contributed by atoms with E-state index in [1.54, 1.807) is 36.4 Å². The summed E-state index contributed by atoms with van der Waals surface area (Å²) < 4.78 is 5.14. The first-order valence-corrected chi connectivity index (χ1v) is 11.2. The molecule has 0 spiro atoms. The van der Waals surface area contributed by atoms with Crippen molar-refractivity contribution >= 4 is 24.2 Å². The van der Waals surface area contributed by atoms with Crippen LogP contribution in [0.3, 0.4) is 0 Å². The van der Waals surface area contributed by atoms with Crippen molar-refractivity contribution in [2.24, 2.45) is 0 Å². The van der Waals surface area contributed by atoms with E-state index in [1.807, 2.05) is 31.2 Å². The Bertz CT molecular complexity index is 1060. The van der Waals surface area contributed by atoms with Crippen LogP contribution in [0.25, 0.3) is 18.2 Å². The largest absolute Gasteiger partial charge is 0.507 e. The normalized spacial score (nSPS) is 10.6. The van der Waals surface area contributed by atoms with Crippen molar-refractivity contribution in [3.63, 3.8) is 0 Å². The van der Waals surface area contributed by atoms with Gasteiger partial charge in [-0.25, -0.2) is 0 Å². The number of carbonyl (C=O) groups is 1. The fourth-order valence-corrected chi connectivity index (χ4v) is 3.03. The predicted molar refractivity (Wildman–Crippen MR) is 139 cm³/mol. The number of phenols is 1. The van der Waals surface area contributed by atoms with Gasteiger partial charge in [0.1, 0.15) is 11.5 Å². The number of carbonyl (C=O) groups excluding carboxylic acids is 1. The van der Waals surface area contributed by atoms with E-state index in [4.69, 9.17) is 9.84 Å². The third kappa shape index (κ3) is 9.04. The van der Waals surface area contributed by atoms with Crippen LogP contribution in [0, 0.1) is 0 Å². The molecule has 3 heteroatoms. The highest BCUT2D eigenvalue weighted by atomic mass is 16.5. The van der Waals surface area contributed by atoms with E-state index in [1.165, 1.54) is 11.1 Å². The molecule has 4 rings (SSSR count). The van der Waals surface area contributed by atoms with Gasteiger partial charge in [0.2, 0.25) is 0 Å². The Morgan fingerprint density at radius 2 is 1.67 bits per heavy atom. The Balaban J connectivity index is 0.000000184. The number of rotatable bonds is 6. The molecule has 0 atom stereocenters. The summed E-state index contributed by atoms with van der Waals surface area (Å²) in [5, 5.41) is 9.04. The molecule has 3 nitrogen and oxygen atoms in total. The van der Waals surface area contributed by atoms with Gasteiger partial charge in [0, 0.05) is 12.0 Å². The second-order valence-electron chi connectivity index (χ2n) is 7.42. The van der Waals surface area contributed by atoms with Crippen molar-refractivity contribution in [2.45, 2.75) is 32.6 Å². The van der Waals surface area contributed by atoms with Crippen LogP contribution in [-0.4, -0.2) is 11.1 Å². The molecule has 0 fully saturated rings. The van der Waals surface area contributed by atoms with Crippen LogP contribution < -0.4 is 4.74 Å². The number of aromatic hydroxyl groups is 1. The molecule has 0 saturated carbocycles. The lowest BCUT2D eigenvalue weighted by atomic mass is 10.1. The lowest BCUT2D eigenvalue weighted by Gasteiger charge is -2.03. The quantitative estimate of drug-likeness (QED) is 0.315. The SMILES string of the molecule is C1=Cc2ccccc2C1.C=Cc1ccc(OC(=O)CCCC)cc1.C=Cc1ccccc1O. The third-order valence-electron chi connectivity index (χ3n) is 4.93. The van der Waals surface area contributed by atoms with Gasteiger partial charge < -0.3 is 9.84 Å². The van der Waals surface area contributed by atoms with Gasteiger partial charge in [-0.05, 0) is 47.7 Å². The smallest absolute Gasteiger partial charge is 0.311 e. The van der Waals surface area contributed by atoms with Crippen LogP contribution in [0.2, 0.25) is 0 Å². The standard InChI is InChI=1S/C13H16O2.C9H8.C8H8O/c1-3-5-6-13(14)15-12-9-7-11(4-2)8-10-12;1-2-5-9-7-3-6-8(9)4-1;1-2-7-5-3-4-6-8(7)9/h4,7-10H,2-3,5-6H2,1H3;1-6H,7H2;2-6,9H,1H2. The highest BCUT2D eigenvalue weighted by molar-refractivity contribution is 5.72. The van der Waals surface area contributed by atoms with Gasteiger partial charge in [-0.1, -0.05) is 105 Å². The number of hydrogen-bond donors (Lipinski definition) is 1. The maximum atomic E-state index is 11.3. The zero-order valence-corrected chi connectivity index (χ0v) is 19.2. The molecule has 0 bridgehead atoms. The van der Waals surface area contributed by atoms with E-state index in [2.05, 4.69) is 49.6 Å². The summed E-state index contributed by atoms with van der Waals surface area (Å²) in [4.78, 5) is 11.3. The average Bonchev–Trinajstić information content (AvgIpc) is 3.33. The first-order valence-electron chi connectivity index (χ1n) is 11.2. The Morgan fingerprint density at radius 3 is 2.27 bits per heavy atom. The highest BCUT2D eigenvalue weighted by Gasteiger charge is 2.03. The van der Waals surface area contributed by atoms with Crippen molar-refractivity contribution in [3.8, 4) is 11.5 Å². The van der Waals surface area contributed by atoms with Gasteiger partial charge in [-0.3, -0.25) is 4.79 Å². The van der Waals surface area contributed by atoms with E-state index in [0.29, 0.717) is 12.2 Å². The first-order chi connectivity index (χ1) is 16.1. The Labute approximate surface area is 197 Å². The molecule has 0 aliphatic heterocycles. The topological polar surface area (TPSA) is 46.5 Å². The molecule has 33 heavy (non-hydrogen) atoms. The molecule has 0 saturated heterocycles. The Morgan fingerprint density at radius 1 is 0.970 bits per heavy atom. The molecular formula is C30H32O3. The van der Waals surface area contributed by atoms with E-state index in [-0.39, 0.29) is 11.7 Å². The van der Waals surface area contributed by atoms with Crippen molar-refractivity contribution < 1.29 is 14.6 Å². The lowest BCUT2D eigenvalue weighted by molar-refractivity contribution is -0.134. The highest BCUT2D eigenvalue weighted by Crippen LogP contribution is 2.18. The first kappa shape index (κ1) is 25.4. The summed E-state index contributed by atoms with van der Waals surface area (Å²) in [6, 6.07) is 22.9. The fourth-order valence-electron chi connectivity index (χ4n) is 3.03. The van der Waals surface area contributed by atoms with E-state index in [9.17, 15) is 4.79 Å². The number of unbranched alkanes of at least 4 members (excludes halogenated alkanes) is 1. The summed E-state index contributed by atoms with van der Waals surface area (Å²) in [6.45, 7) is 9.23. The van der Waals surface area contributed by atoms with E-state index in [0.717, 1.165) is 30.4 Å². The monoisotopic (exact) mass is 440 g/mol. The van der Waals surface area contributed by atoms with Crippen LogP contribution in [0.1, 0.15) is 48.4 Å². The lowest BCUT2D eigenvalue weighted by Crippen LogP contribution is -2.07. The minimum absolute atomic E-state index is 0.164. The van der Waals surface area contributed by atoms with Crippen molar-refractivity contribution in [3.05, 3.63) is 114 Å². The van der Waals surface area contributed by atoms with Gasteiger partial charge in [0.15, 0.2) is 0 Å². The second-order valence-corrected chi connectivity index (χ2v) is 7.42. The molecule has 0 amide bonds. The number of esters is 1. The predicted octanol–water partition coefficient (Wildman–Crippen LogP) is 7.72. The van der Waals surface area contributed by atoms with E-state index < -0.39 is 0 Å². The molecule has 170 valence electrons. The average molecular weight is 441 g/mol. The Hall–Kier alpha value is -3.85. The van der Waals surface area contributed by atoms with Crippen LogP contribution in [0.15, 0.2) is 92.0 Å². The van der Waals surface area contributed by atoms with Crippen molar-refractivity contribution in [2.75, 3.05) is 0 Å². The molecule has 1 aliphatic rings. The minimum atomic E-state index is -0.164. The van der Waals surface area contributed by atoms with Crippen molar-refractivity contribution in [1.82, 2.24) is 0 Å². The number of ether oxygens (including phenoxy) is 1. The molecule has 3 aromatic carbocycles. The molecule has 0 radical (unpaired) electrons. The minimum Gasteiger partial charge on any atom is -0.507 e. The summed E-state index contributed by atoms with van der Waals surface area (Å²) in [6.07, 6.45) is 11.2. The molecule has 1 aliphatic carbocycles. The number of allylic oxidation sites excluding steroid dienone is 1. The van der Waals surface area contributed by atoms with Crippen LogP contribution in [-0.2, 0) is 11.2 Å². The second kappa shape index (κ2) is 14.3.